The molecule has 2 aromatic carbocycles. The van der Waals surface area contributed by atoms with Gasteiger partial charge in [0.2, 0.25) is 5.91 Å². The summed E-state index contributed by atoms with van der Waals surface area (Å²) in [5, 5.41) is 8.73. The van der Waals surface area contributed by atoms with Gasteiger partial charge >= 0.3 is 0 Å². The van der Waals surface area contributed by atoms with Gasteiger partial charge in [-0.25, -0.2) is 0 Å². The largest absolute Gasteiger partial charge is 0.489 e. The Hall–Kier alpha value is -3.06. The molecule has 3 N–H and O–H groups in total. The molecule has 29 heavy (non-hydrogen) atoms. The van der Waals surface area contributed by atoms with Crippen LogP contribution in [0.4, 0.5) is 11.4 Å². The fourth-order valence-corrected chi connectivity index (χ4v) is 2.56. The fraction of sp³-hybridized carbons (Fsp3) is 0.364. The first-order chi connectivity index (χ1) is 14.0. The molecular formula is C22H29N3O4. The van der Waals surface area contributed by atoms with Crippen LogP contribution in [-0.2, 0) is 9.53 Å². The highest BCUT2D eigenvalue weighted by atomic mass is 16.5. The predicted octanol–water partition coefficient (Wildman–Crippen LogP) is 3.29. The number of methoxy groups -OCH3 is 1. The summed E-state index contributed by atoms with van der Waals surface area (Å²) >= 11 is 0. The van der Waals surface area contributed by atoms with Crippen molar-refractivity contribution in [3.05, 3.63) is 54.1 Å². The minimum absolute atomic E-state index is 0.0156. The van der Waals surface area contributed by atoms with Gasteiger partial charge in [0.25, 0.3) is 5.91 Å². The van der Waals surface area contributed by atoms with Crippen LogP contribution in [-0.4, -0.2) is 44.7 Å². The smallest absolute Gasteiger partial charge is 0.251 e. The van der Waals surface area contributed by atoms with Gasteiger partial charge in [0.05, 0.1) is 18.3 Å². The highest BCUT2D eigenvalue weighted by molar-refractivity contribution is 5.96. The molecule has 0 aliphatic rings. The highest BCUT2D eigenvalue weighted by Gasteiger charge is 2.09. The molecule has 0 spiro atoms. The van der Waals surface area contributed by atoms with Crippen molar-refractivity contribution < 1.29 is 19.1 Å². The lowest BCUT2D eigenvalue weighted by Gasteiger charge is -2.15. The molecule has 0 aliphatic heterocycles. The normalized spacial score (nSPS) is 10.5. The second kappa shape index (κ2) is 11.7. The zero-order valence-electron chi connectivity index (χ0n) is 17.2. The lowest BCUT2D eigenvalue weighted by molar-refractivity contribution is -0.114. The summed E-state index contributed by atoms with van der Waals surface area (Å²) in [7, 11) is 1.63. The standard InChI is InChI=1S/C22H29N3O4/c1-16(2)29-20-8-5-4-7-19(20)25-21(26)15-24-18-11-9-17(10-12-18)22(27)23-13-6-14-28-3/h4-5,7-12,16,24H,6,13-15H2,1-3H3,(H,23,27)(H,25,26). The van der Waals surface area contributed by atoms with Crippen LogP contribution in [0.5, 0.6) is 5.75 Å². The summed E-state index contributed by atoms with van der Waals surface area (Å²) in [5.41, 5.74) is 1.95. The van der Waals surface area contributed by atoms with E-state index in [9.17, 15) is 9.59 Å². The Morgan fingerprint density at radius 3 is 2.45 bits per heavy atom. The number of anilines is 2. The number of nitrogens with one attached hydrogen (secondary N) is 3. The third kappa shape index (κ3) is 7.83. The van der Waals surface area contributed by atoms with E-state index in [0.717, 1.165) is 12.1 Å². The zero-order valence-corrected chi connectivity index (χ0v) is 17.2. The van der Waals surface area contributed by atoms with Crippen LogP contribution >= 0.6 is 0 Å². The van der Waals surface area contributed by atoms with Crippen LogP contribution in [0.15, 0.2) is 48.5 Å². The molecule has 0 saturated heterocycles. The minimum Gasteiger partial charge on any atom is -0.489 e. The van der Waals surface area contributed by atoms with E-state index >= 15 is 0 Å². The van der Waals surface area contributed by atoms with Gasteiger partial charge in [0.15, 0.2) is 0 Å². The second-order valence-electron chi connectivity index (χ2n) is 6.74. The number of hydrogen-bond donors (Lipinski definition) is 3. The van der Waals surface area contributed by atoms with Crippen molar-refractivity contribution in [2.24, 2.45) is 0 Å². The molecular weight excluding hydrogens is 370 g/mol. The van der Waals surface area contributed by atoms with Gasteiger partial charge < -0.3 is 25.4 Å². The van der Waals surface area contributed by atoms with Crippen LogP contribution in [0.3, 0.4) is 0 Å². The number of rotatable bonds is 11. The maximum absolute atomic E-state index is 12.3. The van der Waals surface area contributed by atoms with Crippen molar-refractivity contribution in [2.45, 2.75) is 26.4 Å². The van der Waals surface area contributed by atoms with Gasteiger partial charge in [0, 0.05) is 31.5 Å². The molecule has 156 valence electrons. The van der Waals surface area contributed by atoms with E-state index < -0.39 is 0 Å². The van der Waals surface area contributed by atoms with Gasteiger partial charge in [-0.3, -0.25) is 9.59 Å². The van der Waals surface area contributed by atoms with E-state index in [4.69, 9.17) is 9.47 Å². The van der Waals surface area contributed by atoms with E-state index in [1.807, 2.05) is 32.0 Å². The van der Waals surface area contributed by atoms with Crippen molar-refractivity contribution in [1.29, 1.82) is 0 Å². The number of carbonyl (C=O) groups excluding carboxylic acids is 2. The third-order valence-corrected chi connectivity index (χ3v) is 3.93. The zero-order chi connectivity index (χ0) is 21.1. The lowest BCUT2D eigenvalue weighted by Crippen LogP contribution is -2.25. The molecule has 0 radical (unpaired) electrons. The van der Waals surface area contributed by atoms with Gasteiger partial charge in [-0.2, -0.15) is 0 Å². The number of amides is 2. The lowest BCUT2D eigenvalue weighted by atomic mass is 10.2. The first kappa shape index (κ1) is 22.2. The van der Waals surface area contributed by atoms with Crippen LogP contribution in [0, 0.1) is 0 Å². The van der Waals surface area contributed by atoms with Crippen molar-refractivity contribution in [3.63, 3.8) is 0 Å². The van der Waals surface area contributed by atoms with Gasteiger partial charge in [-0.05, 0) is 56.7 Å². The van der Waals surface area contributed by atoms with E-state index in [0.29, 0.717) is 30.2 Å². The van der Waals surface area contributed by atoms with E-state index in [2.05, 4.69) is 16.0 Å². The van der Waals surface area contributed by atoms with Crippen molar-refractivity contribution in [3.8, 4) is 5.75 Å². The maximum Gasteiger partial charge on any atom is 0.251 e. The topological polar surface area (TPSA) is 88.7 Å². The summed E-state index contributed by atoms with van der Waals surface area (Å²) in [6.45, 7) is 5.14. The number of para-hydroxylation sites is 2. The van der Waals surface area contributed by atoms with E-state index in [1.54, 1.807) is 37.4 Å². The predicted molar refractivity (Wildman–Crippen MR) is 115 cm³/mol. The minimum atomic E-state index is -0.190. The fourth-order valence-electron chi connectivity index (χ4n) is 2.56. The molecule has 0 heterocycles. The molecule has 2 aromatic rings. The summed E-state index contributed by atoms with van der Waals surface area (Å²) in [6, 6.07) is 14.3. The van der Waals surface area contributed by atoms with Crippen LogP contribution in [0.1, 0.15) is 30.6 Å². The Morgan fingerprint density at radius 2 is 1.76 bits per heavy atom. The molecule has 0 unspecified atom stereocenters. The van der Waals surface area contributed by atoms with Gasteiger partial charge in [0.1, 0.15) is 5.75 Å². The first-order valence-corrected chi connectivity index (χ1v) is 9.66. The number of ether oxygens (including phenoxy) is 2. The average Bonchev–Trinajstić information content (AvgIpc) is 2.71. The van der Waals surface area contributed by atoms with E-state index in [-0.39, 0.29) is 24.5 Å². The van der Waals surface area contributed by atoms with Crippen molar-refractivity contribution in [1.82, 2.24) is 5.32 Å². The van der Waals surface area contributed by atoms with Crippen LogP contribution in [0.25, 0.3) is 0 Å². The number of hydrogen-bond acceptors (Lipinski definition) is 5. The van der Waals surface area contributed by atoms with E-state index in [1.165, 1.54) is 0 Å². The molecule has 0 aromatic heterocycles. The third-order valence-electron chi connectivity index (χ3n) is 3.93. The molecule has 0 aliphatic carbocycles. The second-order valence-corrected chi connectivity index (χ2v) is 6.74. The number of benzene rings is 2. The Balaban J connectivity index is 1.82. The Labute approximate surface area is 171 Å². The Bertz CT molecular complexity index is 791. The van der Waals surface area contributed by atoms with Crippen LogP contribution in [0.2, 0.25) is 0 Å². The number of carbonyl (C=O) groups is 2. The Morgan fingerprint density at radius 1 is 1.03 bits per heavy atom. The Kier molecular flexibility index (Phi) is 8.98. The molecule has 2 amide bonds. The van der Waals surface area contributed by atoms with Gasteiger partial charge in [-0.15, -0.1) is 0 Å². The molecule has 0 bridgehead atoms. The summed E-state index contributed by atoms with van der Waals surface area (Å²) in [5.74, 6) is 0.314. The molecule has 0 fully saturated rings. The molecule has 7 nitrogen and oxygen atoms in total. The maximum atomic E-state index is 12.3. The molecule has 0 atom stereocenters. The SMILES string of the molecule is COCCCNC(=O)c1ccc(NCC(=O)Nc2ccccc2OC(C)C)cc1. The van der Waals surface area contributed by atoms with Crippen molar-refractivity contribution in [2.75, 3.05) is 37.4 Å². The van der Waals surface area contributed by atoms with Crippen molar-refractivity contribution >= 4 is 23.2 Å². The first-order valence-electron chi connectivity index (χ1n) is 9.66. The highest BCUT2D eigenvalue weighted by Crippen LogP contribution is 2.24. The monoisotopic (exact) mass is 399 g/mol. The average molecular weight is 399 g/mol. The molecule has 2 rings (SSSR count). The quantitative estimate of drug-likeness (QED) is 0.505. The molecule has 0 saturated carbocycles. The summed E-state index contributed by atoms with van der Waals surface area (Å²) in [6.07, 6.45) is 0.782. The summed E-state index contributed by atoms with van der Waals surface area (Å²) < 4.78 is 10.7. The molecule has 7 heteroatoms. The summed E-state index contributed by atoms with van der Waals surface area (Å²) in [4.78, 5) is 24.3. The van der Waals surface area contributed by atoms with Crippen LogP contribution < -0.4 is 20.7 Å². The van der Waals surface area contributed by atoms with Gasteiger partial charge in [-0.1, -0.05) is 12.1 Å².